The SMILES string of the molecule is [3H]c1csc(OCc2c(-n3nnn(C)c3=O)coc2C#C)n1. The molecule has 0 amide bonds. The number of tetrazole rings is 1. The van der Waals surface area contributed by atoms with Gasteiger partial charge in [0.1, 0.15) is 18.6 Å². The first-order chi connectivity index (χ1) is 10.6. The van der Waals surface area contributed by atoms with Gasteiger partial charge in [0, 0.05) is 18.6 Å². The van der Waals surface area contributed by atoms with Gasteiger partial charge in [-0.25, -0.2) is 9.78 Å². The number of aryl methyl sites for hydroxylation is 1. The van der Waals surface area contributed by atoms with Crippen LogP contribution in [-0.2, 0) is 13.7 Å². The van der Waals surface area contributed by atoms with E-state index in [4.69, 9.17) is 16.9 Å². The van der Waals surface area contributed by atoms with Crippen molar-refractivity contribution in [3.05, 3.63) is 39.6 Å². The maximum absolute atomic E-state index is 11.9. The maximum atomic E-state index is 11.9. The van der Waals surface area contributed by atoms with Gasteiger partial charge in [-0.15, -0.1) is 6.42 Å². The molecular weight excluding hydrogens is 294 g/mol. The van der Waals surface area contributed by atoms with Crippen LogP contribution in [0.1, 0.15) is 12.7 Å². The van der Waals surface area contributed by atoms with E-state index in [0.29, 0.717) is 16.4 Å². The van der Waals surface area contributed by atoms with Crippen molar-refractivity contribution in [2.45, 2.75) is 6.61 Å². The monoisotopic (exact) mass is 305 g/mol. The van der Waals surface area contributed by atoms with E-state index in [0.717, 1.165) is 9.36 Å². The molecule has 0 bridgehead atoms. The van der Waals surface area contributed by atoms with Crippen LogP contribution in [0.4, 0.5) is 0 Å². The third-order valence-corrected chi connectivity index (χ3v) is 3.29. The topological polar surface area (TPSA) is 88.0 Å². The first-order valence-corrected chi connectivity index (χ1v) is 6.59. The molecule has 0 fully saturated rings. The van der Waals surface area contributed by atoms with Crippen LogP contribution in [0.3, 0.4) is 0 Å². The number of hydrogen-bond donors (Lipinski definition) is 0. The zero-order chi connectivity index (χ0) is 15.7. The van der Waals surface area contributed by atoms with Crippen LogP contribution in [0.15, 0.2) is 27.0 Å². The summed E-state index contributed by atoms with van der Waals surface area (Å²) in [7, 11) is 1.48. The van der Waals surface area contributed by atoms with Crippen molar-refractivity contribution in [3.8, 4) is 23.2 Å². The summed E-state index contributed by atoms with van der Waals surface area (Å²) in [4.78, 5) is 15.8. The van der Waals surface area contributed by atoms with Gasteiger partial charge in [0.25, 0.3) is 5.19 Å². The predicted molar refractivity (Wildman–Crippen MR) is 73.2 cm³/mol. The first-order valence-electron chi connectivity index (χ1n) is 6.21. The second-order valence-corrected chi connectivity index (χ2v) is 4.72. The Kier molecular flexibility index (Phi) is 2.99. The van der Waals surface area contributed by atoms with E-state index in [2.05, 4.69) is 21.3 Å². The summed E-state index contributed by atoms with van der Waals surface area (Å²) in [6.07, 6.45) is 6.83. The molecule has 0 saturated heterocycles. The third-order valence-electron chi connectivity index (χ3n) is 2.66. The van der Waals surface area contributed by atoms with E-state index in [1.165, 1.54) is 24.6 Å². The minimum absolute atomic E-state index is 0.0291. The zero-order valence-electron chi connectivity index (χ0n) is 11.8. The van der Waals surface area contributed by atoms with E-state index in [1.807, 2.05) is 0 Å². The average molecular weight is 305 g/mol. The molecule has 0 atom stereocenters. The molecule has 0 aliphatic rings. The molecule has 106 valence electrons. The fourth-order valence-corrected chi connectivity index (χ4v) is 2.10. The fraction of sp³-hybridized carbons (Fsp3) is 0.167. The lowest BCUT2D eigenvalue weighted by molar-refractivity contribution is 0.302. The Balaban J connectivity index is 1.96. The molecule has 0 N–H and O–H groups in total. The minimum Gasteiger partial charge on any atom is -0.465 e. The number of hydrogen-bond acceptors (Lipinski definition) is 7. The van der Waals surface area contributed by atoms with Gasteiger partial charge in [0.05, 0.1) is 6.93 Å². The molecular formula is C12H9N5O3S. The smallest absolute Gasteiger partial charge is 0.368 e. The highest BCUT2D eigenvalue weighted by atomic mass is 32.1. The Morgan fingerprint density at radius 3 is 3.10 bits per heavy atom. The molecule has 0 aromatic carbocycles. The Morgan fingerprint density at radius 1 is 1.62 bits per heavy atom. The lowest BCUT2D eigenvalue weighted by atomic mass is 10.2. The number of rotatable bonds is 4. The summed E-state index contributed by atoms with van der Waals surface area (Å²) in [5.41, 5.74) is 0.397. The Hall–Kier alpha value is -2.86. The summed E-state index contributed by atoms with van der Waals surface area (Å²) in [6, 6.07) is 0. The summed E-state index contributed by atoms with van der Waals surface area (Å²) >= 11 is 1.19. The summed E-state index contributed by atoms with van der Waals surface area (Å²) in [5.74, 6) is 2.61. The normalized spacial score (nSPS) is 11.1. The lowest BCUT2D eigenvalue weighted by Gasteiger charge is -2.03. The number of terminal acetylenes is 1. The highest BCUT2D eigenvalue weighted by Crippen LogP contribution is 2.22. The van der Waals surface area contributed by atoms with Gasteiger partial charge in [0.2, 0.25) is 0 Å². The van der Waals surface area contributed by atoms with Crippen molar-refractivity contribution in [2.24, 2.45) is 7.05 Å². The minimum atomic E-state index is -0.437. The molecule has 9 heteroatoms. The molecule has 0 saturated carbocycles. The van der Waals surface area contributed by atoms with Crippen LogP contribution in [-0.4, -0.2) is 24.8 Å². The van der Waals surface area contributed by atoms with Crippen LogP contribution in [0.25, 0.3) is 5.69 Å². The van der Waals surface area contributed by atoms with Gasteiger partial charge in [-0.3, -0.25) is 0 Å². The summed E-state index contributed by atoms with van der Waals surface area (Å²) in [6.45, 7) is 0.0291. The summed E-state index contributed by atoms with van der Waals surface area (Å²) < 4.78 is 20.2. The fourth-order valence-electron chi connectivity index (χ4n) is 1.66. The van der Waals surface area contributed by atoms with Gasteiger partial charge < -0.3 is 9.15 Å². The van der Waals surface area contributed by atoms with Crippen molar-refractivity contribution in [3.63, 3.8) is 0 Å². The molecule has 21 heavy (non-hydrogen) atoms. The number of ether oxygens (including phenoxy) is 1. The van der Waals surface area contributed by atoms with Gasteiger partial charge in [-0.05, 0) is 16.3 Å². The van der Waals surface area contributed by atoms with Crippen LogP contribution in [0.2, 0.25) is 0 Å². The molecule has 3 rings (SSSR count). The van der Waals surface area contributed by atoms with Gasteiger partial charge in [0.15, 0.2) is 5.76 Å². The Labute approximate surface area is 124 Å². The van der Waals surface area contributed by atoms with E-state index >= 15 is 0 Å². The Morgan fingerprint density at radius 2 is 2.48 bits per heavy atom. The molecule has 0 aliphatic heterocycles. The number of nitrogens with zero attached hydrogens (tertiary/aromatic N) is 5. The average Bonchev–Trinajstić information content (AvgIpc) is 3.18. The van der Waals surface area contributed by atoms with Crippen LogP contribution in [0.5, 0.6) is 5.19 Å². The predicted octanol–water partition coefficient (Wildman–Crippen LogP) is 0.576. The van der Waals surface area contributed by atoms with Gasteiger partial charge >= 0.3 is 5.69 Å². The van der Waals surface area contributed by atoms with E-state index in [1.54, 1.807) is 5.38 Å². The molecule has 3 aromatic heterocycles. The Bertz CT molecular complexity index is 916. The third kappa shape index (κ3) is 2.32. The number of aromatic nitrogens is 5. The second-order valence-electron chi connectivity index (χ2n) is 3.90. The second kappa shape index (κ2) is 5.26. The van der Waals surface area contributed by atoms with Crippen molar-refractivity contribution in [1.82, 2.24) is 24.8 Å². The van der Waals surface area contributed by atoms with Crippen LogP contribution in [0, 0.1) is 12.3 Å². The molecule has 3 aromatic rings. The molecule has 0 radical (unpaired) electrons. The maximum Gasteiger partial charge on any atom is 0.368 e. The zero-order valence-corrected chi connectivity index (χ0v) is 11.6. The quantitative estimate of drug-likeness (QED) is 0.655. The molecule has 0 aliphatic carbocycles. The first kappa shape index (κ1) is 11.9. The van der Waals surface area contributed by atoms with Crippen LogP contribution < -0.4 is 10.4 Å². The summed E-state index contributed by atoms with van der Waals surface area (Å²) in [5, 5.41) is 9.25. The van der Waals surface area contributed by atoms with Crippen molar-refractivity contribution >= 4 is 11.3 Å². The van der Waals surface area contributed by atoms with Crippen molar-refractivity contribution in [2.75, 3.05) is 0 Å². The van der Waals surface area contributed by atoms with E-state index < -0.39 is 5.69 Å². The molecule has 0 spiro atoms. The lowest BCUT2D eigenvalue weighted by Crippen LogP contribution is -2.22. The van der Waals surface area contributed by atoms with E-state index in [-0.39, 0.29) is 18.5 Å². The van der Waals surface area contributed by atoms with Crippen molar-refractivity contribution in [1.29, 1.82) is 0 Å². The van der Waals surface area contributed by atoms with Crippen LogP contribution >= 0.6 is 11.3 Å². The molecule has 8 nitrogen and oxygen atoms in total. The number of thiazole rings is 1. The number of furan rings is 1. The van der Waals surface area contributed by atoms with Gasteiger partial charge in [-0.2, -0.15) is 9.36 Å². The molecule has 0 unspecified atom stereocenters. The highest BCUT2D eigenvalue weighted by molar-refractivity contribution is 7.11. The largest absolute Gasteiger partial charge is 0.465 e. The van der Waals surface area contributed by atoms with Gasteiger partial charge in [-0.1, -0.05) is 11.3 Å². The standard InChI is InChI=1S/C12H9N5O3S/c1-3-10-8(6-20-11-13-4-5-21-11)9(7-19-10)17-12(18)16(2)14-15-17/h1,4-5,7H,6H2,2H3/i4T. The van der Waals surface area contributed by atoms with E-state index in [9.17, 15) is 4.79 Å². The molecule has 3 heterocycles. The van der Waals surface area contributed by atoms with Crippen molar-refractivity contribution < 1.29 is 10.5 Å². The highest BCUT2D eigenvalue weighted by Gasteiger charge is 2.18.